The van der Waals surface area contributed by atoms with Crippen LogP contribution in [0.15, 0.2) is 24.0 Å². The van der Waals surface area contributed by atoms with Crippen molar-refractivity contribution in [1.29, 1.82) is 0 Å². The van der Waals surface area contributed by atoms with E-state index in [0.717, 1.165) is 11.1 Å². The third-order valence-electron chi connectivity index (χ3n) is 1.56. The molecule has 0 radical (unpaired) electrons. The number of amides is 1. The highest BCUT2D eigenvalue weighted by Crippen LogP contribution is 2.09. The van der Waals surface area contributed by atoms with Crippen LogP contribution < -0.4 is 5.32 Å². The Hall–Kier alpha value is -1.25. The molecule has 3 heteroatoms. The van der Waals surface area contributed by atoms with Gasteiger partial charge in [0, 0.05) is 13.0 Å². The maximum Gasteiger partial charge on any atom is 0.250 e. The summed E-state index contributed by atoms with van der Waals surface area (Å²) >= 11 is 0. The Kier molecular flexibility index (Phi) is 2.91. The normalized spacial score (nSPS) is 14.9. The highest BCUT2D eigenvalue weighted by atomic mass is 16.5. The fourth-order valence-electron chi connectivity index (χ4n) is 0.899. The molecule has 0 spiro atoms. The van der Waals surface area contributed by atoms with E-state index in [2.05, 4.69) is 11.9 Å². The van der Waals surface area contributed by atoms with E-state index in [0.29, 0.717) is 19.6 Å². The zero-order chi connectivity index (χ0) is 8.97. The number of carbonyl (C=O) groups excluding carboxylic acids is 1. The van der Waals surface area contributed by atoms with Gasteiger partial charge in [-0.15, -0.1) is 0 Å². The minimum atomic E-state index is -0.0458. The van der Waals surface area contributed by atoms with E-state index >= 15 is 0 Å². The van der Waals surface area contributed by atoms with Crippen LogP contribution in [-0.4, -0.2) is 19.1 Å². The molecule has 0 fully saturated rings. The average Bonchev–Trinajstić information content (AvgIpc) is 2.51. The van der Waals surface area contributed by atoms with Gasteiger partial charge in [-0.2, -0.15) is 0 Å². The third kappa shape index (κ3) is 2.42. The van der Waals surface area contributed by atoms with Crippen molar-refractivity contribution in [3.8, 4) is 0 Å². The van der Waals surface area contributed by atoms with Crippen LogP contribution in [0.1, 0.15) is 13.3 Å². The van der Waals surface area contributed by atoms with Crippen LogP contribution in [0.2, 0.25) is 0 Å². The van der Waals surface area contributed by atoms with Gasteiger partial charge in [-0.05, 0) is 6.92 Å². The quantitative estimate of drug-likeness (QED) is 0.636. The van der Waals surface area contributed by atoms with Gasteiger partial charge < -0.3 is 10.1 Å². The fraction of sp³-hybridized carbons (Fsp3) is 0.444. The molecule has 66 valence electrons. The number of nitrogens with one attached hydrogen (secondary N) is 1. The summed E-state index contributed by atoms with van der Waals surface area (Å²) in [6.45, 7) is 6.72. The van der Waals surface area contributed by atoms with Crippen LogP contribution in [0.25, 0.3) is 0 Å². The molecular weight excluding hydrogens is 154 g/mol. The minimum absolute atomic E-state index is 0.0458. The smallest absolute Gasteiger partial charge is 0.250 e. The van der Waals surface area contributed by atoms with Crippen molar-refractivity contribution in [3.63, 3.8) is 0 Å². The molecule has 1 rings (SSSR count). The Balaban J connectivity index is 2.33. The summed E-state index contributed by atoms with van der Waals surface area (Å²) in [5.41, 5.74) is 1.67. The van der Waals surface area contributed by atoms with Gasteiger partial charge in [0.05, 0.1) is 18.4 Å². The summed E-state index contributed by atoms with van der Waals surface area (Å²) < 4.78 is 4.94. The molecule has 1 N–H and O–H groups in total. The number of hydrogen-bond acceptors (Lipinski definition) is 2. The Morgan fingerprint density at radius 1 is 1.83 bits per heavy atom. The van der Waals surface area contributed by atoms with Crippen LogP contribution in [0, 0.1) is 0 Å². The number of carbonyl (C=O) groups is 1. The second-order valence-electron chi connectivity index (χ2n) is 2.90. The van der Waals surface area contributed by atoms with Crippen molar-refractivity contribution in [2.24, 2.45) is 0 Å². The van der Waals surface area contributed by atoms with Gasteiger partial charge in [-0.1, -0.05) is 12.2 Å². The van der Waals surface area contributed by atoms with E-state index in [9.17, 15) is 4.79 Å². The predicted molar refractivity (Wildman–Crippen MR) is 46.5 cm³/mol. The Labute approximate surface area is 72.1 Å². The molecule has 0 bridgehead atoms. The first kappa shape index (κ1) is 8.84. The van der Waals surface area contributed by atoms with Gasteiger partial charge in [0.15, 0.2) is 0 Å². The largest absolute Gasteiger partial charge is 0.500 e. The molecule has 0 aromatic heterocycles. The highest BCUT2D eigenvalue weighted by Gasteiger charge is 2.13. The molecule has 3 nitrogen and oxygen atoms in total. The molecule has 1 heterocycles. The van der Waals surface area contributed by atoms with Crippen molar-refractivity contribution in [2.45, 2.75) is 13.3 Å². The predicted octanol–water partition coefficient (Wildman–Crippen LogP) is 0.983. The van der Waals surface area contributed by atoms with Crippen LogP contribution in [-0.2, 0) is 9.53 Å². The Morgan fingerprint density at radius 2 is 2.58 bits per heavy atom. The molecule has 1 amide bonds. The average molecular weight is 167 g/mol. The molecule has 0 unspecified atom stereocenters. The second kappa shape index (κ2) is 3.95. The molecule has 1 aliphatic heterocycles. The van der Waals surface area contributed by atoms with Crippen molar-refractivity contribution in [1.82, 2.24) is 5.32 Å². The lowest BCUT2D eigenvalue weighted by molar-refractivity contribution is -0.117. The lowest BCUT2D eigenvalue weighted by Crippen LogP contribution is -2.25. The van der Waals surface area contributed by atoms with Gasteiger partial charge in [0.25, 0.3) is 5.91 Å². The summed E-state index contributed by atoms with van der Waals surface area (Å²) in [5.74, 6) is -0.0458. The van der Waals surface area contributed by atoms with Crippen molar-refractivity contribution in [2.75, 3.05) is 13.2 Å². The van der Waals surface area contributed by atoms with Crippen LogP contribution in [0.3, 0.4) is 0 Å². The topological polar surface area (TPSA) is 38.3 Å². The Morgan fingerprint density at radius 3 is 3.08 bits per heavy atom. The maximum atomic E-state index is 11.2. The number of rotatable bonds is 3. The highest BCUT2D eigenvalue weighted by molar-refractivity contribution is 5.93. The van der Waals surface area contributed by atoms with Crippen LogP contribution >= 0.6 is 0 Å². The van der Waals surface area contributed by atoms with E-state index in [1.807, 2.05) is 6.92 Å². The number of hydrogen-bond donors (Lipinski definition) is 1. The standard InChI is InChI=1S/C9H13NO2/c1-7(2)5-10-9(11)8-3-4-12-6-8/h6H,1,3-5H2,2H3,(H,10,11). The van der Waals surface area contributed by atoms with Crippen molar-refractivity contribution >= 4 is 5.91 Å². The Bertz CT molecular complexity index is 231. The van der Waals surface area contributed by atoms with Gasteiger partial charge in [0.1, 0.15) is 0 Å². The van der Waals surface area contributed by atoms with Crippen molar-refractivity contribution < 1.29 is 9.53 Å². The molecular formula is C9H13NO2. The van der Waals surface area contributed by atoms with Gasteiger partial charge in [-0.3, -0.25) is 4.79 Å². The van der Waals surface area contributed by atoms with E-state index in [4.69, 9.17) is 4.74 Å². The third-order valence-corrected chi connectivity index (χ3v) is 1.56. The van der Waals surface area contributed by atoms with Crippen LogP contribution in [0.4, 0.5) is 0 Å². The molecule has 0 atom stereocenters. The maximum absolute atomic E-state index is 11.2. The zero-order valence-corrected chi connectivity index (χ0v) is 7.22. The van der Waals surface area contributed by atoms with E-state index in [1.165, 1.54) is 6.26 Å². The van der Waals surface area contributed by atoms with E-state index < -0.39 is 0 Å². The van der Waals surface area contributed by atoms with Gasteiger partial charge in [-0.25, -0.2) is 0 Å². The van der Waals surface area contributed by atoms with Crippen molar-refractivity contribution in [3.05, 3.63) is 24.0 Å². The molecule has 0 aromatic rings. The summed E-state index contributed by atoms with van der Waals surface area (Å²) in [7, 11) is 0. The first-order valence-electron chi connectivity index (χ1n) is 3.93. The summed E-state index contributed by atoms with van der Waals surface area (Å²) in [5, 5.41) is 2.74. The molecule has 0 aliphatic carbocycles. The molecule has 12 heavy (non-hydrogen) atoms. The molecule has 0 aromatic carbocycles. The van der Waals surface area contributed by atoms with E-state index in [1.54, 1.807) is 0 Å². The minimum Gasteiger partial charge on any atom is -0.500 e. The second-order valence-corrected chi connectivity index (χ2v) is 2.90. The molecule has 1 aliphatic rings. The van der Waals surface area contributed by atoms with Crippen LogP contribution in [0.5, 0.6) is 0 Å². The van der Waals surface area contributed by atoms with Gasteiger partial charge in [0.2, 0.25) is 0 Å². The summed E-state index contributed by atoms with van der Waals surface area (Å²) in [6.07, 6.45) is 2.23. The summed E-state index contributed by atoms with van der Waals surface area (Å²) in [4.78, 5) is 11.2. The first-order chi connectivity index (χ1) is 5.70. The lowest BCUT2D eigenvalue weighted by Gasteiger charge is -2.02. The van der Waals surface area contributed by atoms with Gasteiger partial charge >= 0.3 is 0 Å². The van der Waals surface area contributed by atoms with E-state index in [-0.39, 0.29) is 5.91 Å². The zero-order valence-electron chi connectivity index (χ0n) is 7.22. The summed E-state index contributed by atoms with van der Waals surface area (Å²) in [6, 6.07) is 0. The monoisotopic (exact) mass is 167 g/mol. The first-order valence-corrected chi connectivity index (χ1v) is 3.93. The molecule has 0 saturated heterocycles. The lowest BCUT2D eigenvalue weighted by atomic mass is 10.2. The SMILES string of the molecule is C=C(C)CNC(=O)C1=COCC1. The molecule has 0 saturated carbocycles. The fourth-order valence-corrected chi connectivity index (χ4v) is 0.899. The number of ether oxygens (including phenoxy) is 1.